The number of aromatic amines is 1. The third-order valence-corrected chi connectivity index (χ3v) is 3.74. The van der Waals surface area contributed by atoms with E-state index < -0.39 is 5.56 Å². The fourth-order valence-electron chi connectivity index (χ4n) is 2.81. The number of hydrogen-bond acceptors (Lipinski definition) is 4. The fourth-order valence-corrected chi connectivity index (χ4v) is 2.81. The molecule has 0 atom stereocenters. The Morgan fingerprint density at radius 2 is 2.00 bits per heavy atom. The van der Waals surface area contributed by atoms with Gasteiger partial charge in [-0.05, 0) is 18.2 Å². The zero-order chi connectivity index (χ0) is 14.6. The van der Waals surface area contributed by atoms with Crippen LogP contribution in [0, 0.1) is 0 Å². The largest absolute Gasteiger partial charge is 0.497 e. The summed E-state index contributed by atoms with van der Waals surface area (Å²) < 4.78 is 5.17. The van der Waals surface area contributed by atoms with E-state index in [0.29, 0.717) is 28.1 Å². The summed E-state index contributed by atoms with van der Waals surface area (Å²) in [6.07, 6.45) is 1.56. The van der Waals surface area contributed by atoms with Crippen LogP contribution in [0.1, 0.15) is 16.1 Å². The van der Waals surface area contributed by atoms with E-state index in [1.165, 1.54) is 0 Å². The van der Waals surface area contributed by atoms with Crippen molar-refractivity contribution in [2.75, 3.05) is 7.11 Å². The van der Waals surface area contributed by atoms with Crippen LogP contribution >= 0.6 is 0 Å². The molecule has 1 aliphatic carbocycles. The minimum absolute atomic E-state index is 0.168. The topological polar surface area (TPSA) is 72.1 Å². The lowest BCUT2D eigenvalue weighted by molar-refractivity contribution is 0.103. The monoisotopic (exact) mass is 278 g/mol. The van der Waals surface area contributed by atoms with E-state index >= 15 is 0 Å². The number of carbonyl (C=O) groups excluding carboxylic acids is 1. The fraction of sp³-hybridized carbons (Fsp3) is 0.0625. The standard InChI is InChI=1S/C16H10N2O3/c1-21-8-4-5-9-11(7-8)18-16(20)13-12(9)10-3-2-6-17-14(10)15(13)19/h2-7H,1H3,(H,18,20). The Bertz CT molecular complexity index is 973. The van der Waals surface area contributed by atoms with E-state index in [1.807, 2.05) is 12.1 Å². The number of rotatable bonds is 1. The zero-order valence-electron chi connectivity index (χ0n) is 11.1. The van der Waals surface area contributed by atoms with Crippen molar-refractivity contribution < 1.29 is 9.53 Å². The molecule has 0 saturated heterocycles. The second-order valence-electron chi connectivity index (χ2n) is 4.84. The van der Waals surface area contributed by atoms with Crippen LogP contribution in [0.2, 0.25) is 0 Å². The molecule has 102 valence electrons. The number of aromatic nitrogens is 2. The number of carbonyl (C=O) groups is 1. The first-order chi connectivity index (χ1) is 10.2. The number of hydrogen-bond donors (Lipinski definition) is 1. The van der Waals surface area contributed by atoms with E-state index in [1.54, 1.807) is 31.5 Å². The number of fused-ring (bicyclic) bond motifs is 5. The number of methoxy groups -OCH3 is 1. The van der Waals surface area contributed by atoms with Crippen molar-refractivity contribution in [2.24, 2.45) is 0 Å². The molecule has 5 nitrogen and oxygen atoms in total. The molecular weight excluding hydrogens is 268 g/mol. The third kappa shape index (κ3) is 1.48. The minimum Gasteiger partial charge on any atom is -0.497 e. The molecule has 0 unspecified atom stereocenters. The summed E-state index contributed by atoms with van der Waals surface area (Å²) in [4.78, 5) is 31.5. The predicted molar refractivity (Wildman–Crippen MR) is 77.8 cm³/mol. The van der Waals surface area contributed by atoms with Crippen molar-refractivity contribution in [3.8, 4) is 16.9 Å². The molecule has 0 aliphatic heterocycles. The summed E-state index contributed by atoms with van der Waals surface area (Å²) >= 11 is 0. The second kappa shape index (κ2) is 4.02. The van der Waals surface area contributed by atoms with Crippen LogP contribution in [0.3, 0.4) is 0 Å². The highest BCUT2D eigenvalue weighted by Crippen LogP contribution is 2.38. The number of ether oxygens (including phenoxy) is 1. The molecule has 3 aromatic rings. The summed E-state index contributed by atoms with van der Waals surface area (Å²) in [5.74, 6) is 0.327. The highest BCUT2D eigenvalue weighted by atomic mass is 16.5. The summed E-state index contributed by atoms with van der Waals surface area (Å²) in [7, 11) is 1.56. The van der Waals surface area contributed by atoms with Crippen molar-refractivity contribution in [1.29, 1.82) is 0 Å². The first kappa shape index (κ1) is 11.8. The lowest BCUT2D eigenvalue weighted by Crippen LogP contribution is -2.16. The number of nitrogens with zero attached hydrogens (tertiary/aromatic N) is 1. The Kier molecular flexibility index (Phi) is 2.27. The number of nitrogens with one attached hydrogen (secondary N) is 1. The molecule has 0 radical (unpaired) electrons. The Labute approximate surface area is 119 Å². The summed E-state index contributed by atoms with van der Waals surface area (Å²) in [6.45, 7) is 0. The van der Waals surface area contributed by atoms with E-state index in [2.05, 4.69) is 9.97 Å². The molecule has 2 aromatic heterocycles. The van der Waals surface area contributed by atoms with Gasteiger partial charge in [-0.2, -0.15) is 0 Å². The van der Waals surface area contributed by atoms with E-state index in [0.717, 1.165) is 5.39 Å². The molecule has 1 aliphatic rings. The summed E-state index contributed by atoms with van der Waals surface area (Å²) in [5, 5.41) is 0.811. The van der Waals surface area contributed by atoms with E-state index in [4.69, 9.17) is 4.74 Å². The highest BCUT2D eigenvalue weighted by molar-refractivity contribution is 6.24. The van der Waals surface area contributed by atoms with Gasteiger partial charge < -0.3 is 9.72 Å². The molecule has 0 bridgehead atoms. The molecule has 1 aromatic carbocycles. The van der Waals surface area contributed by atoms with Gasteiger partial charge in [0, 0.05) is 28.8 Å². The predicted octanol–water partition coefficient (Wildman–Crippen LogP) is 2.14. The minimum atomic E-state index is -0.395. The average Bonchev–Trinajstić information content (AvgIpc) is 2.81. The molecule has 5 heteroatoms. The maximum Gasteiger partial charge on any atom is 0.260 e. The van der Waals surface area contributed by atoms with Gasteiger partial charge in [0.15, 0.2) is 0 Å². The number of benzene rings is 1. The molecule has 0 spiro atoms. The second-order valence-corrected chi connectivity index (χ2v) is 4.84. The van der Waals surface area contributed by atoms with Crippen LogP contribution in [0.15, 0.2) is 41.3 Å². The molecule has 2 heterocycles. The zero-order valence-corrected chi connectivity index (χ0v) is 11.1. The first-order valence-electron chi connectivity index (χ1n) is 6.45. The molecule has 1 N–H and O–H groups in total. The lowest BCUT2D eigenvalue weighted by Gasteiger charge is -2.07. The van der Waals surface area contributed by atoms with Crippen LogP contribution in [0.25, 0.3) is 22.0 Å². The molecule has 0 saturated carbocycles. The van der Waals surface area contributed by atoms with Crippen LogP contribution in [0.5, 0.6) is 5.75 Å². The number of H-pyrrole nitrogens is 1. The van der Waals surface area contributed by atoms with Crippen LogP contribution in [-0.4, -0.2) is 22.9 Å². The van der Waals surface area contributed by atoms with Gasteiger partial charge in [-0.3, -0.25) is 14.6 Å². The maximum absolute atomic E-state index is 12.4. The Balaban J connectivity index is 2.19. The van der Waals surface area contributed by atoms with Crippen LogP contribution in [0.4, 0.5) is 0 Å². The summed E-state index contributed by atoms with van der Waals surface area (Å²) in [5.41, 5.74) is 2.11. The number of ketones is 1. The third-order valence-electron chi connectivity index (χ3n) is 3.74. The Hall–Kier alpha value is -2.95. The normalized spacial score (nSPS) is 12.3. The van der Waals surface area contributed by atoms with Gasteiger partial charge in [-0.15, -0.1) is 0 Å². The van der Waals surface area contributed by atoms with Crippen molar-refractivity contribution in [2.45, 2.75) is 0 Å². The van der Waals surface area contributed by atoms with Gasteiger partial charge >= 0.3 is 0 Å². The van der Waals surface area contributed by atoms with E-state index in [9.17, 15) is 9.59 Å². The first-order valence-corrected chi connectivity index (χ1v) is 6.45. The van der Waals surface area contributed by atoms with Crippen LogP contribution in [-0.2, 0) is 0 Å². The SMILES string of the molecule is COc1ccc2c3c(c(=O)[nH]c2c1)C(=O)c1ncccc1-3. The number of pyridine rings is 2. The molecule has 0 amide bonds. The van der Waals surface area contributed by atoms with Crippen LogP contribution < -0.4 is 10.3 Å². The van der Waals surface area contributed by atoms with Gasteiger partial charge in [-0.1, -0.05) is 6.07 Å². The Morgan fingerprint density at radius 3 is 2.81 bits per heavy atom. The lowest BCUT2D eigenvalue weighted by atomic mass is 10.0. The van der Waals surface area contributed by atoms with Gasteiger partial charge in [-0.25, -0.2) is 0 Å². The summed E-state index contributed by atoms with van der Waals surface area (Å²) in [6, 6.07) is 8.97. The van der Waals surface area contributed by atoms with Gasteiger partial charge in [0.25, 0.3) is 5.56 Å². The van der Waals surface area contributed by atoms with Gasteiger partial charge in [0.2, 0.25) is 5.78 Å². The van der Waals surface area contributed by atoms with Crippen molar-refractivity contribution in [3.63, 3.8) is 0 Å². The Morgan fingerprint density at radius 1 is 1.14 bits per heavy atom. The van der Waals surface area contributed by atoms with Crippen molar-refractivity contribution in [3.05, 3.63) is 58.1 Å². The van der Waals surface area contributed by atoms with Gasteiger partial charge in [0.05, 0.1) is 18.2 Å². The molecule has 21 heavy (non-hydrogen) atoms. The molecule has 0 fully saturated rings. The quantitative estimate of drug-likeness (QED) is 0.579. The smallest absolute Gasteiger partial charge is 0.260 e. The highest BCUT2D eigenvalue weighted by Gasteiger charge is 2.32. The molecular formula is C16H10N2O3. The van der Waals surface area contributed by atoms with E-state index in [-0.39, 0.29) is 11.3 Å². The van der Waals surface area contributed by atoms with Crippen molar-refractivity contribution >= 4 is 16.7 Å². The maximum atomic E-state index is 12.4. The molecule has 4 rings (SSSR count). The average molecular weight is 278 g/mol. The van der Waals surface area contributed by atoms with Crippen molar-refractivity contribution in [1.82, 2.24) is 9.97 Å². The van der Waals surface area contributed by atoms with Gasteiger partial charge in [0.1, 0.15) is 11.4 Å².